The number of unbranched alkanes of at least 4 members (excludes halogenated alkanes) is 35. The zero-order valence-electron chi connectivity index (χ0n) is 42.8. The van der Waals surface area contributed by atoms with Gasteiger partial charge in [-0.1, -0.05) is 250 Å². The summed E-state index contributed by atoms with van der Waals surface area (Å²) in [7, 11) is 0. The summed E-state index contributed by atoms with van der Waals surface area (Å²) in [6.45, 7) is 6.61. The molecule has 0 saturated carbocycles. The molecule has 0 saturated heterocycles. The zero-order valence-corrected chi connectivity index (χ0v) is 42.8. The second-order valence-corrected chi connectivity index (χ2v) is 18.9. The summed E-state index contributed by atoms with van der Waals surface area (Å²) in [5.41, 5.74) is 0. The van der Waals surface area contributed by atoms with Crippen molar-refractivity contribution in [3.05, 3.63) is 36.5 Å². The molecule has 0 aliphatic carbocycles. The molecule has 0 spiro atoms. The first-order valence-corrected chi connectivity index (χ1v) is 28.0. The first-order chi connectivity index (χ1) is 31.5. The zero-order chi connectivity index (χ0) is 46.5. The molecule has 6 heteroatoms. The molecule has 0 bridgehead atoms. The third-order valence-corrected chi connectivity index (χ3v) is 12.4. The van der Waals surface area contributed by atoms with Crippen LogP contribution in [0.3, 0.4) is 0 Å². The number of allylic oxidation sites excluding steroid dienone is 6. The van der Waals surface area contributed by atoms with Crippen molar-refractivity contribution < 1.29 is 28.6 Å². The third-order valence-electron chi connectivity index (χ3n) is 12.4. The lowest BCUT2D eigenvalue weighted by Gasteiger charge is -2.18. The quantitative estimate of drug-likeness (QED) is 0.0199. The fraction of sp³-hybridized carbons (Fsp3) is 0.845. The maximum absolute atomic E-state index is 12.8. The molecule has 0 N–H and O–H groups in total. The molecule has 0 aliphatic heterocycles. The second kappa shape index (κ2) is 53.2. The van der Waals surface area contributed by atoms with Crippen LogP contribution in [-0.2, 0) is 28.6 Å². The molecule has 1 unspecified atom stereocenters. The maximum atomic E-state index is 12.8. The monoisotopic (exact) mass is 899 g/mol. The van der Waals surface area contributed by atoms with Gasteiger partial charge in [0, 0.05) is 19.3 Å². The number of hydrogen-bond donors (Lipinski definition) is 0. The molecule has 6 nitrogen and oxygen atoms in total. The number of esters is 3. The van der Waals surface area contributed by atoms with E-state index in [9.17, 15) is 14.4 Å². The smallest absolute Gasteiger partial charge is 0.306 e. The van der Waals surface area contributed by atoms with Crippen molar-refractivity contribution in [3.63, 3.8) is 0 Å². The molecule has 1 atom stereocenters. The minimum atomic E-state index is -0.778. The molecule has 0 radical (unpaired) electrons. The van der Waals surface area contributed by atoms with Gasteiger partial charge in [-0.15, -0.1) is 0 Å². The molecule has 0 rings (SSSR count). The van der Waals surface area contributed by atoms with Crippen molar-refractivity contribution in [3.8, 4) is 0 Å². The highest BCUT2D eigenvalue weighted by atomic mass is 16.6. The van der Waals surface area contributed by atoms with Crippen LogP contribution in [0.2, 0.25) is 0 Å². The fourth-order valence-corrected chi connectivity index (χ4v) is 8.12. The molecule has 0 aromatic rings. The van der Waals surface area contributed by atoms with Gasteiger partial charge in [-0.3, -0.25) is 14.4 Å². The standard InChI is InChI=1S/C58H106O6/c1-4-7-10-13-16-19-22-24-26-28-30-31-33-36-39-42-45-48-51-57(60)63-54-55(53-62-56(59)50-47-44-41-38-35-21-18-15-12-9-6-3)64-58(61)52-49-46-43-40-37-34-32-29-27-25-23-20-17-14-11-8-5-2/h15,18,26,28,30-31,55H,4-14,16-17,19-25,27,29,32-54H2,1-3H3/b18-15-,28-26-,31-30-. The van der Waals surface area contributed by atoms with E-state index in [-0.39, 0.29) is 31.1 Å². The lowest BCUT2D eigenvalue weighted by molar-refractivity contribution is -0.167. The van der Waals surface area contributed by atoms with Crippen molar-refractivity contribution in [1.29, 1.82) is 0 Å². The van der Waals surface area contributed by atoms with Gasteiger partial charge < -0.3 is 14.2 Å². The van der Waals surface area contributed by atoms with E-state index >= 15 is 0 Å². The van der Waals surface area contributed by atoms with E-state index in [1.165, 1.54) is 173 Å². The molecule has 0 aromatic carbocycles. The molecule has 64 heavy (non-hydrogen) atoms. The largest absolute Gasteiger partial charge is 0.462 e. The Morgan fingerprint density at radius 2 is 0.578 bits per heavy atom. The fourth-order valence-electron chi connectivity index (χ4n) is 8.12. The molecule has 0 aliphatic rings. The minimum Gasteiger partial charge on any atom is -0.462 e. The van der Waals surface area contributed by atoms with Gasteiger partial charge in [-0.2, -0.15) is 0 Å². The lowest BCUT2D eigenvalue weighted by atomic mass is 10.0. The van der Waals surface area contributed by atoms with Crippen LogP contribution in [0.1, 0.15) is 297 Å². The maximum Gasteiger partial charge on any atom is 0.306 e. The van der Waals surface area contributed by atoms with Crippen molar-refractivity contribution in [2.45, 2.75) is 303 Å². The number of ether oxygens (including phenoxy) is 3. The molecular weight excluding hydrogens is 793 g/mol. The van der Waals surface area contributed by atoms with Crippen LogP contribution in [-0.4, -0.2) is 37.2 Å². The average molecular weight is 899 g/mol. The molecular formula is C58H106O6. The van der Waals surface area contributed by atoms with E-state index < -0.39 is 6.10 Å². The average Bonchev–Trinajstić information content (AvgIpc) is 3.29. The summed E-state index contributed by atoms with van der Waals surface area (Å²) >= 11 is 0. The number of hydrogen-bond acceptors (Lipinski definition) is 6. The van der Waals surface area contributed by atoms with Crippen LogP contribution in [0.25, 0.3) is 0 Å². The molecule has 0 amide bonds. The van der Waals surface area contributed by atoms with Gasteiger partial charge in [-0.05, 0) is 64.2 Å². The molecule has 0 aromatic heterocycles. The highest BCUT2D eigenvalue weighted by Crippen LogP contribution is 2.16. The van der Waals surface area contributed by atoms with Gasteiger partial charge in [0.05, 0.1) is 0 Å². The Kier molecular flexibility index (Phi) is 51.3. The van der Waals surface area contributed by atoms with Crippen molar-refractivity contribution in [2.75, 3.05) is 13.2 Å². The molecule has 0 heterocycles. The van der Waals surface area contributed by atoms with E-state index in [0.717, 1.165) is 83.5 Å². The summed E-state index contributed by atoms with van der Waals surface area (Å²) in [5, 5.41) is 0. The van der Waals surface area contributed by atoms with E-state index in [0.29, 0.717) is 19.3 Å². The van der Waals surface area contributed by atoms with E-state index in [1.54, 1.807) is 0 Å². The Morgan fingerprint density at radius 3 is 0.922 bits per heavy atom. The van der Waals surface area contributed by atoms with Crippen molar-refractivity contribution >= 4 is 17.9 Å². The van der Waals surface area contributed by atoms with Crippen molar-refractivity contribution in [1.82, 2.24) is 0 Å². The highest BCUT2D eigenvalue weighted by molar-refractivity contribution is 5.71. The van der Waals surface area contributed by atoms with Gasteiger partial charge in [0.25, 0.3) is 0 Å². The van der Waals surface area contributed by atoms with Crippen LogP contribution < -0.4 is 0 Å². The summed E-state index contributed by atoms with van der Waals surface area (Å²) in [6.07, 6.45) is 62.8. The summed E-state index contributed by atoms with van der Waals surface area (Å²) < 4.78 is 16.8. The Balaban J connectivity index is 4.34. The number of carbonyl (C=O) groups is 3. The van der Waals surface area contributed by atoms with Gasteiger partial charge >= 0.3 is 17.9 Å². The van der Waals surface area contributed by atoms with E-state index in [2.05, 4.69) is 57.2 Å². The second-order valence-electron chi connectivity index (χ2n) is 18.9. The van der Waals surface area contributed by atoms with E-state index in [4.69, 9.17) is 14.2 Å². The Bertz CT molecular complexity index is 1080. The van der Waals surface area contributed by atoms with Crippen LogP contribution in [0.4, 0.5) is 0 Å². The first-order valence-electron chi connectivity index (χ1n) is 28.0. The van der Waals surface area contributed by atoms with Crippen LogP contribution >= 0.6 is 0 Å². The molecule has 374 valence electrons. The highest BCUT2D eigenvalue weighted by Gasteiger charge is 2.19. The Labute approximate surface area is 397 Å². The van der Waals surface area contributed by atoms with Crippen molar-refractivity contribution in [2.24, 2.45) is 0 Å². The van der Waals surface area contributed by atoms with Gasteiger partial charge in [0.1, 0.15) is 13.2 Å². The molecule has 0 fully saturated rings. The summed E-state index contributed by atoms with van der Waals surface area (Å²) in [4.78, 5) is 38.0. The predicted molar refractivity (Wildman–Crippen MR) is 275 cm³/mol. The van der Waals surface area contributed by atoms with E-state index in [1.807, 2.05) is 0 Å². The normalized spacial score (nSPS) is 12.2. The summed E-state index contributed by atoms with van der Waals surface area (Å²) in [6, 6.07) is 0. The Hall–Kier alpha value is -2.37. The van der Waals surface area contributed by atoms with Gasteiger partial charge in [0.15, 0.2) is 6.10 Å². The van der Waals surface area contributed by atoms with Crippen LogP contribution in [0.15, 0.2) is 36.5 Å². The van der Waals surface area contributed by atoms with Gasteiger partial charge in [0.2, 0.25) is 0 Å². The SMILES string of the molecule is CCCC/C=C\CCCCCCCC(=O)OCC(COC(=O)CCCCCCC/C=C\C=C/CCCCCCCCC)OC(=O)CCCCCCCCCCCCCCCCCCC. The third kappa shape index (κ3) is 50.6. The van der Waals surface area contributed by atoms with Crippen LogP contribution in [0.5, 0.6) is 0 Å². The first kappa shape index (κ1) is 61.6. The minimum absolute atomic E-state index is 0.0787. The van der Waals surface area contributed by atoms with Crippen LogP contribution in [0, 0.1) is 0 Å². The number of carbonyl (C=O) groups excluding carboxylic acids is 3. The topological polar surface area (TPSA) is 78.9 Å². The number of rotatable bonds is 51. The summed E-state index contributed by atoms with van der Waals surface area (Å²) in [5.74, 6) is -0.888. The lowest BCUT2D eigenvalue weighted by Crippen LogP contribution is -2.30. The Morgan fingerprint density at radius 1 is 0.312 bits per heavy atom. The van der Waals surface area contributed by atoms with Gasteiger partial charge in [-0.25, -0.2) is 0 Å². The predicted octanol–water partition coefficient (Wildman–Crippen LogP) is 18.5.